The quantitative estimate of drug-likeness (QED) is 0.318. The van der Waals surface area contributed by atoms with Crippen molar-refractivity contribution in [3.8, 4) is 0 Å². The van der Waals surface area contributed by atoms with Crippen molar-refractivity contribution in [1.29, 1.82) is 0 Å². The smallest absolute Gasteiger partial charge is 0.0165 e. The molecule has 3 saturated carbocycles. The van der Waals surface area contributed by atoms with Gasteiger partial charge in [-0.15, -0.1) is 0 Å². The van der Waals surface area contributed by atoms with Crippen molar-refractivity contribution in [1.82, 2.24) is 0 Å². The van der Waals surface area contributed by atoms with Gasteiger partial charge in [-0.3, -0.25) is 0 Å². The Kier molecular flexibility index (Phi) is 6.80. The molecule has 5 aliphatic carbocycles. The summed E-state index contributed by atoms with van der Waals surface area (Å²) in [6.07, 6.45) is 17.1. The second kappa shape index (κ2) is 8.24. The monoisotopic (exact) mass is 330 g/mol. The fourth-order valence-corrected chi connectivity index (χ4v) is 6.77. The Morgan fingerprint density at radius 2 is 1.50 bits per heavy atom. The number of fused-ring (bicyclic) bond motifs is 12. The summed E-state index contributed by atoms with van der Waals surface area (Å²) in [6, 6.07) is 0. The van der Waals surface area contributed by atoms with Crippen LogP contribution in [-0.4, -0.2) is 0 Å². The van der Waals surface area contributed by atoms with E-state index >= 15 is 0 Å². The Hall–Kier alpha value is -0.520. The van der Waals surface area contributed by atoms with E-state index in [1.165, 1.54) is 25.7 Å². The van der Waals surface area contributed by atoms with E-state index in [1.54, 1.807) is 6.42 Å². The molecular weight excluding hydrogens is 288 g/mol. The molecule has 8 unspecified atom stereocenters. The van der Waals surface area contributed by atoms with Crippen molar-refractivity contribution in [3.05, 3.63) is 24.3 Å². The Morgan fingerprint density at radius 1 is 0.917 bits per heavy atom. The third-order valence-electron chi connectivity index (χ3n) is 7.01. The van der Waals surface area contributed by atoms with E-state index in [9.17, 15) is 0 Å². The van der Waals surface area contributed by atoms with Crippen LogP contribution in [0.25, 0.3) is 0 Å². The van der Waals surface area contributed by atoms with Crippen molar-refractivity contribution in [2.24, 2.45) is 46.8 Å². The Morgan fingerprint density at radius 3 is 2.12 bits per heavy atom. The molecule has 138 valence electrons. The highest BCUT2D eigenvalue weighted by molar-refractivity contribution is 5.28. The first kappa shape index (κ1) is 19.8. The van der Waals surface area contributed by atoms with Gasteiger partial charge >= 0.3 is 0 Å². The molecule has 0 aromatic heterocycles. The summed E-state index contributed by atoms with van der Waals surface area (Å²) in [4.78, 5) is 0. The highest BCUT2D eigenvalue weighted by atomic mass is 14.7. The normalized spacial score (nSPS) is 47.0. The Labute approximate surface area is 152 Å². The maximum atomic E-state index is 2.64. The molecule has 0 aliphatic heterocycles. The summed E-state index contributed by atoms with van der Waals surface area (Å²) < 4.78 is 0. The second-order valence-corrected chi connectivity index (χ2v) is 8.69. The molecule has 0 amide bonds. The summed E-state index contributed by atoms with van der Waals surface area (Å²) in [6.45, 7) is 15.1. The number of hydrogen-bond donors (Lipinski definition) is 0. The molecule has 5 aliphatic rings. The Balaban J connectivity index is 0.000000228. The van der Waals surface area contributed by atoms with Crippen LogP contribution in [0.1, 0.15) is 80.6 Å². The Bertz CT molecular complexity index is 443. The fraction of sp³-hybridized carbons (Fsp3) is 0.833. The van der Waals surface area contributed by atoms with Crippen LogP contribution in [0.15, 0.2) is 24.3 Å². The predicted molar refractivity (Wildman–Crippen MR) is 108 cm³/mol. The summed E-state index contributed by atoms with van der Waals surface area (Å²) in [5, 5.41) is 0. The first-order valence-electron chi connectivity index (χ1n) is 11.0. The van der Waals surface area contributed by atoms with Crippen molar-refractivity contribution in [2.45, 2.75) is 80.6 Å². The maximum absolute atomic E-state index is 2.64. The lowest BCUT2D eigenvalue weighted by Gasteiger charge is -2.45. The van der Waals surface area contributed by atoms with E-state index in [0.29, 0.717) is 5.41 Å². The lowest BCUT2D eigenvalue weighted by Crippen LogP contribution is -2.40. The number of hydrogen-bond acceptors (Lipinski definition) is 0. The van der Waals surface area contributed by atoms with Crippen LogP contribution in [0, 0.1) is 46.8 Å². The van der Waals surface area contributed by atoms with Gasteiger partial charge in [0.05, 0.1) is 0 Å². The van der Waals surface area contributed by atoms with Gasteiger partial charge in [-0.05, 0) is 66.1 Å². The van der Waals surface area contributed by atoms with Crippen molar-refractivity contribution < 1.29 is 0 Å². The van der Waals surface area contributed by atoms with Crippen molar-refractivity contribution >= 4 is 0 Å². The van der Waals surface area contributed by atoms with Crippen LogP contribution < -0.4 is 0 Å². The average molecular weight is 331 g/mol. The van der Waals surface area contributed by atoms with Gasteiger partial charge in [0.15, 0.2) is 0 Å². The summed E-state index contributed by atoms with van der Waals surface area (Å²) in [7, 11) is 0. The minimum absolute atomic E-state index is 0.702. The molecule has 0 aromatic carbocycles. The van der Waals surface area contributed by atoms with Gasteiger partial charge in [-0.1, -0.05) is 85.6 Å². The molecular formula is C24H42. The van der Waals surface area contributed by atoms with Gasteiger partial charge < -0.3 is 0 Å². The summed E-state index contributed by atoms with van der Waals surface area (Å²) in [5.74, 6) is 7.12. The molecule has 0 nitrogen and oxygen atoms in total. The third-order valence-corrected chi connectivity index (χ3v) is 7.01. The fourth-order valence-electron chi connectivity index (χ4n) is 6.77. The van der Waals surface area contributed by atoms with Crippen molar-refractivity contribution in [2.75, 3.05) is 0 Å². The molecule has 0 radical (unpaired) electrons. The molecule has 0 saturated heterocycles. The SMILES string of the molecule is CC.CC12CC(C3C=CCC31)C1C3C=CC(C3)C12.CCC.CCC. The lowest BCUT2D eigenvalue weighted by molar-refractivity contribution is 0.0504. The molecule has 0 aromatic rings. The zero-order chi connectivity index (χ0) is 17.9. The molecule has 0 heteroatoms. The largest absolute Gasteiger partial charge is 0.0879 e. The van der Waals surface area contributed by atoms with Gasteiger partial charge in [-0.25, -0.2) is 0 Å². The average Bonchev–Trinajstić information content (AvgIpc) is 3.35. The zero-order valence-corrected chi connectivity index (χ0v) is 17.4. The predicted octanol–water partition coefficient (Wildman–Crippen LogP) is 7.52. The molecule has 8 atom stereocenters. The highest BCUT2D eigenvalue weighted by Gasteiger charge is 2.69. The van der Waals surface area contributed by atoms with Crippen LogP contribution in [-0.2, 0) is 0 Å². The molecule has 3 fully saturated rings. The molecule has 0 N–H and O–H groups in total. The summed E-state index contributed by atoms with van der Waals surface area (Å²) >= 11 is 0. The van der Waals surface area contributed by atoms with Gasteiger partial charge in [0.2, 0.25) is 0 Å². The van der Waals surface area contributed by atoms with Gasteiger partial charge in [0.1, 0.15) is 0 Å². The zero-order valence-electron chi connectivity index (χ0n) is 17.4. The summed E-state index contributed by atoms with van der Waals surface area (Å²) in [5.41, 5.74) is 0.702. The number of rotatable bonds is 0. The standard InChI is InChI=1S/C16H20.2C3H8.C2H6/c1-16-8-12(11-3-2-4-13(11)16)14-9-5-6-10(7-9)15(14)16;2*1-3-2;1-2/h2-3,5-6,9-15H,4,7-8H2,1H3;2*3H2,1-2H3;1-2H3. The van der Waals surface area contributed by atoms with E-state index < -0.39 is 0 Å². The van der Waals surface area contributed by atoms with E-state index in [0.717, 1.165) is 41.4 Å². The van der Waals surface area contributed by atoms with Gasteiger partial charge in [0, 0.05) is 0 Å². The second-order valence-electron chi connectivity index (χ2n) is 8.69. The minimum Gasteiger partial charge on any atom is -0.0879 e. The molecule has 24 heavy (non-hydrogen) atoms. The highest BCUT2D eigenvalue weighted by Crippen LogP contribution is 2.75. The first-order chi connectivity index (χ1) is 11.6. The third kappa shape index (κ3) is 2.93. The van der Waals surface area contributed by atoms with Crippen LogP contribution in [0.4, 0.5) is 0 Å². The number of allylic oxidation sites excluding steroid dienone is 4. The molecule has 4 bridgehead atoms. The van der Waals surface area contributed by atoms with E-state index in [2.05, 4.69) is 58.9 Å². The van der Waals surface area contributed by atoms with Crippen molar-refractivity contribution in [3.63, 3.8) is 0 Å². The lowest BCUT2D eigenvalue weighted by atomic mass is 9.59. The van der Waals surface area contributed by atoms with Crippen LogP contribution >= 0.6 is 0 Å². The van der Waals surface area contributed by atoms with E-state index in [1.807, 2.05) is 13.8 Å². The molecule has 0 spiro atoms. The minimum atomic E-state index is 0.702. The molecule has 0 heterocycles. The first-order valence-corrected chi connectivity index (χ1v) is 11.0. The topological polar surface area (TPSA) is 0 Å². The maximum Gasteiger partial charge on any atom is -0.0165 e. The van der Waals surface area contributed by atoms with Gasteiger partial charge in [-0.2, -0.15) is 0 Å². The van der Waals surface area contributed by atoms with Gasteiger partial charge in [0.25, 0.3) is 0 Å². The van der Waals surface area contributed by atoms with Crippen LogP contribution in [0.5, 0.6) is 0 Å². The van der Waals surface area contributed by atoms with E-state index in [-0.39, 0.29) is 0 Å². The van der Waals surface area contributed by atoms with Crippen LogP contribution in [0.3, 0.4) is 0 Å². The van der Waals surface area contributed by atoms with Crippen LogP contribution in [0.2, 0.25) is 0 Å². The van der Waals surface area contributed by atoms with E-state index in [4.69, 9.17) is 0 Å². The molecule has 5 rings (SSSR count).